The molecule has 0 aliphatic carbocycles. The number of hydrogen-bond donors (Lipinski definition) is 1. The molecule has 0 heterocycles. The first-order valence-corrected chi connectivity index (χ1v) is 38.6. The van der Waals surface area contributed by atoms with Gasteiger partial charge in [-0.25, -0.2) is 4.57 Å². The van der Waals surface area contributed by atoms with Gasteiger partial charge in [0.1, 0.15) is 19.8 Å². The molecule has 0 aromatic rings. The third-order valence-electron chi connectivity index (χ3n) is 14.7. The lowest BCUT2D eigenvalue weighted by molar-refractivity contribution is -0.870. The van der Waals surface area contributed by atoms with Crippen LogP contribution in [0.25, 0.3) is 0 Å². The Hall–Kier alpha value is -5.93. The van der Waals surface area contributed by atoms with E-state index >= 15 is 0 Å². The molecule has 96 heavy (non-hydrogen) atoms. The molecule has 0 rings (SSSR count). The third kappa shape index (κ3) is 77.1. The number of unbranched alkanes of at least 4 members (excludes halogenated alkanes) is 13. The van der Waals surface area contributed by atoms with Gasteiger partial charge in [0, 0.05) is 12.8 Å². The normalized spacial score (nSPS) is 14.4. The number of esters is 2. The molecule has 0 fully saturated rings. The predicted octanol–water partition coefficient (Wildman–Crippen LogP) is 24.9. The fourth-order valence-electron chi connectivity index (χ4n) is 9.09. The maximum Gasteiger partial charge on any atom is 0.472 e. The first-order chi connectivity index (χ1) is 47.0. The minimum absolute atomic E-state index is 0.0123. The van der Waals surface area contributed by atoms with Crippen molar-refractivity contribution in [2.75, 3.05) is 47.5 Å². The van der Waals surface area contributed by atoms with E-state index in [1.54, 1.807) is 0 Å². The number of quaternary nitrogens is 1. The van der Waals surface area contributed by atoms with Gasteiger partial charge in [-0.1, -0.05) is 303 Å². The van der Waals surface area contributed by atoms with Gasteiger partial charge in [0.15, 0.2) is 6.10 Å². The number of phosphoric ester groups is 1. The van der Waals surface area contributed by atoms with Crippen LogP contribution in [0.1, 0.15) is 245 Å². The highest BCUT2D eigenvalue weighted by atomic mass is 31.2. The molecule has 9 nitrogen and oxygen atoms in total. The zero-order valence-corrected chi connectivity index (χ0v) is 61.9. The van der Waals surface area contributed by atoms with Crippen molar-refractivity contribution in [3.63, 3.8) is 0 Å². The third-order valence-corrected chi connectivity index (χ3v) is 15.7. The van der Waals surface area contributed by atoms with Crippen LogP contribution in [0.5, 0.6) is 0 Å². The molecule has 0 spiro atoms. The average Bonchev–Trinajstić information content (AvgIpc) is 2.54. The summed E-state index contributed by atoms with van der Waals surface area (Å²) >= 11 is 0. The van der Waals surface area contributed by atoms with Crippen molar-refractivity contribution in [2.24, 2.45) is 0 Å². The largest absolute Gasteiger partial charge is 0.472 e. The second-order valence-corrected chi connectivity index (χ2v) is 26.3. The van der Waals surface area contributed by atoms with E-state index in [1.165, 1.54) is 32.1 Å². The summed E-state index contributed by atoms with van der Waals surface area (Å²) in [6.45, 7) is 4.14. The van der Waals surface area contributed by atoms with Crippen molar-refractivity contribution in [1.29, 1.82) is 0 Å². The maximum atomic E-state index is 12.9. The highest BCUT2D eigenvalue weighted by molar-refractivity contribution is 7.47. The summed E-state index contributed by atoms with van der Waals surface area (Å²) in [6.07, 6.45) is 119. The minimum atomic E-state index is -4.42. The molecule has 0 amide bonds. The van der Waals surface area contributed by atoms with Crippen LogP contribution in [0, 0.1) is 0 Å². The molecule has 2 atom stereocenters. The maximum absolute atomic E-state index is 12.9. The number of carbonyl (C=O) groups is 2. The minimum Gasteiger partial charge on any atom is -0.462 e. The van der Waals surface area contributed by atoms with Crippen molar-refractivity contribution in [3.8, 4) is 0 Å². The van der Waals surface area contributed by atoms with Gasteiger partial charge in [-0.2, -0.15) is 0 Å². The molecule has 0 aromatic heterocycles. The molecule has 0 aliphatic rings. The zero-order valence-electron chi connectivity index (χ0n) is 61.0. The fraction of sp³-hybridized carbons (Fsp3) is 0.535. The number of phosphoric acid groups is 1. The van der Waals surface area contributed by atoms with Crippen molar-refractivity contribution < 1.29 is 42.1 Å². The van der Waals surface area contributed by atoms with Gasteiger partial charge < -0.3 is 18.9 Å². The Labute approximate surface area is 588 Å². The molecule has 0 aromatic carbocycles. The monoisotopic (exact) mass is 1340 g/mol. The van der Waals surface area contributed by atoms with Crippen LogP contribution in [0.15, 0.2) is 231 Å². The smallest absolute Gasteiger partial charge is 0.462 e. The average molecular weight is 1340 g/mol. The molecule has 10 heteroatoms. The second kappa shape index (κ2) is 73.3. The molecule has 0 saturated carbocycles. The van der Waals surface area contributed by atoms with E-state index in [0.29, 0.717) is 23.9 Å². The molecular formula is C86H135NO8P+. The van der Waals surface area contributed by atoms with Crippen LogP contribution in [0.2, 0.25) is 0 Å². The van der Waals surface area contributed by atoms with E-state index in [0.717, 1.165) is 173 Å². The molecule has 0 bridgehead atoms. The summed E-state index contributed by atoms with van der Waals surface area (Å²) in [4.78, 5) is 35.9. The lowest BCUT2D eigenvalue weighted by Crippen LogP contribution is -2.37. The molecule has 1 N–H and O–H groups in total. The van der Waals surface area contributed by atoms with E-state index in [4.69, 9.17) is 18.5 Å². The quantitative estimate of drug-likeness (QED) is 0.0211. The van der Waals surface area contributed by atoms with Crippen molar-refractivity contribution >= 4 is 19.8 Å². The van der Waals surface area contributed by atoms with E-state index in [-0.39, 0.29) is 26.1 Å². The molecule has 0 saturated heterocycles. The second-order valence-electron chi connectivity index (χ2n) is 24.9. The number of likely N-dealkylation sites (N-methyl/N-ethyl adjacent to an activating group) is 1. The van der Waals surface area contributed by atoms with Gasteiger partial charge >= 0.3 is 19.8 Å². The lowest BCUT2D eigenvalue weighted by Gasteiger charge is -2.24. The number of rotatable bonds is 65. The zero-order chi connectivity index (χ0) is 69.7. The Balaban J connectivity index is 4.20. The molecular weight excluding hydrogens is 1210 g/mol. The molecule has 536 valence electrons. The van der Waals surface area contributed by atoms with Crippen LogP contribution < -0.4 is 0 Å². The molecule has 0 radical (unpaired) electrons. The van der Waals surface area contributed by atoms with Gasteiger partial charge in [0.25, 0.3) is 0 Å². The summed E-state index contributed by atoms with van der Waals surface area (Å²) in [5, 5.41) is 0. The van der Waals surface area contributed by atoms with Crippen LogP contribution in [-0.2, 0) is 32.7 Å². The fourth-order valence-corrected chi connectivity index (χ4v) is 9.84. The Morgan fingerprint density at radius 3 is 0.833 bits per heavy atom. The summed E-state index contributed by atoms with van der Waals surface area (Å²) in [6, 6.07) is 0. The Bertz CT molecular complexity index is 2480. The summed E-state index contributed by atoms with van der Waals surface area (Å²) in [5.41, 5.74) is 0. The first kappa shape index (κ1) is 90.1. The van der Waals surface area contributed by atoms with Gasteiger partial charge in [-0.15, -0.1) is 0 Å². The van der Waals surface area contributed by atoms with Gasteiger partial charge in [0.2, 0.25) is 0 Å². The summed E-state index contributed by atoms with van der Waals surface area (Å²) in [7, 11) is 1.42. The Kier molecular flexibility index (Phi) is 68.8. The van der Waals surface area contributed by atoms with Crippen LogP contribution in [0.3, 0.4) is 0 Å². The predicted molar refractivity (Wildman–Crippen MR) is 417 cm³/mol. The first-order valence-electron chi connectivity index (χ1n) is 37.1. The SMILES string of the molecule is CC/C=C\C/C=C\C/C=C\C/C=C\C/C=C\C/C=C\C/C=C\C/C=C\C/C=C\C/C=C\C/C=C\C/C=C\CCCCCCC(=O)OC(COC(=O)CCCCCCCCCCC/C=C\C/C=C\C/C=C\C/C=C\C/C=C\C/C=C\C/C=C\CC)COP(=O)(O)OCC[N+](C)(C)C. The van der Waals surface area contributed by atoms with E-state index in [2.05, 4.69) is 245 Å². The number of hydrogen-bond acceptors (Lipinski definition) is 7. The van der Waals surface area contributed by atoms with Crippen molar-refractivity contribution in [2.45, 2.75) is 251 Å². The van der Waals surface area contributed by atoms with Crippen molar-refractivity contribution in [3.05, 3.63) is 231 Å². The van der Waals surface area contributed by atoms with Gasteiger partial charge in [0.05, 0.1) is 27.7 Å². The topological polar surface area (TPSA) is 108 Å². The highest BCUT2D eigenvalue weighted by Crippen LogP contribution is 2.43. The van der Waals surface area contributed by atoms with Crippen LogP contribution in [-0.4, -0.2) is 74.9 Å². The standard InChI is InChI=1S/C86H134NO8P/c1-6-8-10-12-14-16-18-20-22-24-26-28-30-32-34-36-38-39-40-41-42-43-44-45-46-47-49-51-53-55-57-59-61-63-65-67-69-71-73-75-77-79-86(89)95-84(83-94-96(90,91)93-81-80-87(3,4)5)82-92-85(88)78-76-74-72-70-68-66-64-62-60-58-56-54-52-50-48-37-35-33-31-29-27-25-23-21-19-17-15-13-11-9-7-2/h8-11,14-17,20-23,26-29,32-35,38-39,41-42,44-45,47-50,53-56,59,61,65,67,84H,6-7,12-13,18-19,24-25,30-31,36-37,40,43,46,51-52,57-58,60,62-64,66,68-83H2,1-5H3/p+1/b10-8-,11-9-,16-14-,17-15-,22-20-,23-21-,28-26-,29-27-,34-32-,35-33-,39-38-,42-41-,45-44-,49-47-,50-48-,55-53-,56-54-,61-59-,67-65-. The number of allylic oxidation sites excluding steroid dienone is 38. The number of ether oxygens (including phenoxy) is 2. The molecule has 0 aliphatic heterocycles. The van der Waals surface area contributed by atoms with Gasteiger partial charge in [-0.3, -0.25) is 18.6 Å². The van der Waals surface area contributed by atoms with Crippen molar-refractivity contribution in [1.82, 2.24) is 0 Å². The lowest BCUT2D eigenvalue weighted by atomic mass is 10.1. The number of nitrogens with zero attached hydrogens (tertiary/aromatic N) is 1. The van der Waals surface area contributed by atoms with E-state index in [9.17, 15) is 19.0 Å². The van der Waals surface area contributed by atoms with E-state index < -0.39 is 32.5 Å². The van der Waals surface area contributed by atoms with Crippen LogP contribution in [0.4, 0.5) is 0 Å². The Morgan fingerprint density at radius 2 is 0.562 bits per heavy atom. The number of carbonyl (C=O) groups excluding carboxylic acids is 2. The van der Waals surface area contributed by atoms with E-state index in [1.807, 2.05) is 21.1 Å². The summed E-state index contributed by atoms with van der Waals surface area (Å²) < 4.78 is 34.7. The summed E-state index contributed by atoms with van der Waals surface area (Å²) in [5.74, 6) is -0.851. The van der Waals surface area contributed by atoms with Gasteiger partial charge in [-0.05, 0) is 161 Å². The van der Waals surface area contributed by atoms with Crippen LogP contribution >= 0.6 is 7.82 Å². The Morgan fingerprint density at radius 1 is 0.323 bits per heavy atom. The highest BCUT2D eigenvalue weighted by Gasteiger charge is 2.27. The molecule has 2 unspecified atom stereocenters.